The van der Waals surface area contributed by atoms with Gasteiger partial charge in [-0.05, 0) is 12.5 Å². The minimum atomic E-state index is -0.506. The summed E-state index contributed by atoms with van der Waals surface area (Å²) in [5.74, 6) is 0.408. The third kappa shape index (κ3) is 4.36. The lowest BCUT2D eigenvalue weighted by Gasteiger charge is -2.23. The minimum Gasteiger partial charge on any atom is -0.506 e. The lowest BCUT2D eigenvalue weighted by atomic mass is 10.1. The Bertz CT molecular complexity index is 463. The van der Waals surface area contributed by atoms with Crippen molar-refractivity contribution in [3.8, 4) is 5.75 Å². The van der Waals surface area contributed by atoms with Gasteiger partial charge in [-0.1, -0.05) is 32.4 Å². The summed E-state index contributed by atoms with van der Waals surface area (Å²) in [5, 5.41) is 20.7. The molecule has 0 saturated heterocycles. The molecule has 0 aromatic heterocycles. The number of rotatable bonds is 6. The van der Waals surface area contributed by atoms with Crippen molar-refractivity contribution in [2.45, 2.75) is 27.3 Å². The Morgan fingerprint density at radius 2 is 2.11 bits per heavy atom. The molecule has 5 nitrogen and oxygen atoms in total. The van der Waals surface area contributed by atoms with Crippen LogP contribution in [0.1, 0.15) is 26.3 Å². The summed E-state index contributed by atoms with van der Waals surface area (Å²) in [6, 6.07) is 2.54. The van der Waals surface area contributed by atoms with Crippen LogP contribution in [0.15, 0.2) is 12.1 Å². The molecule has 0 unspecified atom stereocenters. The predicted molar refractivity (Wildman–Crippen MR) is 75.6 cm³/mol. The zero-order valence-electron chi connectivity index (χ0n) is 11.4. The molecule has 0 aliphatic carbocycles. The molecule has 0 spiro atoms. The maximum atomic E-state index is 10.8. The molecule has 0 fully saturated rings. The molecule has 0 aliphatic rings. The van der Waals surface area contributed by atoms with Crippen LogP contribution in [0.2, 0.25) is 5.02 Å². The van der Waals surface area contributed by atoms with Gasteiger partial charge in [-0.15, -0.1) is 0 Å². The molecule has 0 saturated carbocycles. The van der Waals surface area contributed by atoms with Gasteiger partial charge in [0.15, 0.2) is 0 Å². The molecule has 106 valence electrons. The highest BCUT2D eigenvalue weighted by Crippen LogP contribution is 2.33. The van der Waals surface area contributed by atoms with Crippen molar-refractivity contribution in [1.82, 2.24) is 4.90 Å². The fourth-order valence-electron chi connectivity index (χ4n) is 1.93. The van der Waals surface area contributed by atoms with Gasteiger partial charge < -0.3 is 5.11 Å². The molecule has 0 atom stereocenters. The van der Waals surface area contributed by atoms with E-state index in [0.29, 0.717) is 18.0 Å². The summed E-state index contributed by atoms with van der Waals surface area (Å²) in [4.78, 5) is 12.4. The summed E-state index contributed by atoms with van der Waals surface area (Å²) in [6.45, 7) is 8.32. The predicted octanol–water partition coefficient (Wildman–Crippen LogP) is 3.43. The molecule has 1 rings (SSSR count). The second kappa shape index (κ2) is 6.73. The number of aromatic hydroxyl groups is 1. The number of phenols is 1. The van der Waals surface area contributed by atoms with Crippen molar-refractivity contribution in [3.63, 3.8) is 0 Å². The Hall–Kier alpha value is -1.33. The van der Waals surface area contributed by atoms with E-state index < -0.39 is 4.92 Å². The SMILES string of the molecule is CCN(Cc1cc([N+](=O)[O-])cc(Cl)c1O)CC(C)C. The van der Waals surface area contributed by atoms with Crippen molar-refractivity contribution < 1.29 is 10.0 Å². The fraction of sp³-hybridized carbons (Fsp3) is 0.538. The molecule has 0 bridgehead atoms. The molecule has 1 aromatic rings. The molecular formula is C13H19ClN2O3. The van der Waals surface area contributed by atoms with Crippen LogP contribution >= 0.6 is 11.6 Å². The number of phenolic OH excluding ortho intramolecular Hbond substituents is 1. The van der Waals surface area contributed by atoms with Gasteiger partial charge >= 0.3 is 0 Å². The van der Waals surface area contributed by atoms with Crippen LogP contribution in [0.25, 0.3) is 0 Å². The van der Waals surface area contributed by atoms with Crippen LogP contribution in [0.3, 0.4) is 0 Å². The van der Waals surface area contributed by atoms with Gasteiger partial charge in [-0.3, -0.25) is 15.0 Å². The van der Waals surface area contributed by atoms with Crippen LogP contribution in [0.5, 0.6) is 5.75 Å². The van der Waals surface area contributed by atoms with Crippen molar-refractivity contribution >= 4 is 17.3 Å². The Kier molecular flexibility index (Phi) is 5.57. The number of hydrogen-bond donors (Lipinski definition) is 1. The van der Waals surface area contributed by atoms with Crippen molar-refractivity contribution in [1.29, 1.82) is 0 Å². The number of hydrogen-bond acceptors (Lipinski definition) is 4. The number of benzene rings is 1. The molecule has 1 N–H and O–H groups in total. The second-order valence-electron chi connectivity index (χ2n) is 4.91. The Morgan fingerprint density at radius 3 is 2.58 bits per heavy atom. The topological polar surface area (TPSA) is 66.6 Å². The zero-order valence-corrected chi connectivity index (χ0v) is 12.1. The van der Waals surface area contributed by atoms with E-state index in [9.17, 15) is 15.2 Å². The first-order chi connectivity index (χ1) is 8.85. The molecule has 1 aromatic carbocycles. The summed E-state index contributed by atoms with van der Waals surface area (Å²) < 4.78 is 0. The van der Waals surface area contributed by atoms with Gasteiger partial charge in [-0.25, -0.2) is 0 Å². The van der Waals surface area contributed by atoms with Gasteiger partial charge in [0.2, 0.25) is 0 Å². The highest BCUT2D eigenvalue weighted by atomic mass is 35.5. The monoisotopic (exact) mass is 286 g/mol. The van der Waals surface area contributed by atoms with E-state index in [4.69, 9.17) is 11.6 Å². The number of halogens is 1. The average Bonchev–Trinajstić information content (AvgIpc) is 2.32. The average molecular weight is 287 g/mol. The Balaban J connectivity index is 3.01. The molecule has 0 amide bonds. The maximum absolute atomic E-state index is 10.8. The quantitative estimate of drug-likeness (QED) is 0.642. The third-order valence-corrected chi connectivity index (χ3v) is 3.09. The van der Waals surface area contributed by atoms with E-state index in [1.807, 2.05) is 6.92 Å². The number of nitro groups is 1. The number of nitro benzene ring substituents is 1. The van der Waals surface area contributed by atoms with Gasteiger partial charge in [0.05, 0.1) is 9.95 Å². The van der Waals surface area contributed by atoms with Crippen LogP contribution < -0.4 is 0 Å². The highest BCUT2D eigenvalue weighted by Gasteiger charge is 2.17. The molecule has 0 radical (unpaired) electrons. The zero-order chi connectivity index (χ0) is 14.6. The van der Waals surface area contributed by atoms with Crippen molar-refractivity contribution in [3.05, 3.63) is 32.8 Å². The summed E-state index contributed by atoms with van der Waals surface area (Å²) in [5.41, 5.74) is 0.389. The molecule has 0 aliphatic heterocycles. The lowest BCUT2D eigenvalue weighted by molar-refractivity contribution is -0.384. The van der Waals surface area contributed by atoms with Crippen LogP contribution in [-0.2, 0) is 6.54 Å². The van der Waals surface area contributed by atoms with Gasteiger partial charge in [0.1, 0.15) is 5.75 Å². The summed E-state index contributed by atoms with van der Waals surface area (Å²) in [7, 11) is 0. The second-order valence-corrected chi connectivity index (χ2v) is 5.32. The standard InChI is InChI=1S/C13H19ClN2O3/c1-4-15(7-9(2)3)8-10-5-11(16(18)19)6-12(14)13(10)17/h5-6,9,17H,4,7-8H2,1-3H3. The smallest absolute Gasteiger partial charge is 0.271 e. The molecule has 19 heavy (non-hydrogen) atoms. The van der Waals surface area contributed by atoms with Crippen molar-refractivity contribution in [2.24, 2.45) is 5.92 Å². The molecule has 0 heterocycles. The van der Waals surface area contributed by atoms with E-state index in [1.165, 1.54) is 12.1 Å². The van der Waals surface area contributed by atoms with E-state index in [2.05, 4.69) is 18.7 Å². The van der Waals surface area contributed by atoms with E-state index in [1.54, 1.807) is 0 Å². The first-order valence-electron chi connectivity index (χ1n) is 6.23. The highest BCUT2D eigenvalue weighted by molar-refractivity contribution is 6.32. The van der Waals surface area contributed by atoms with Gasteiger partial charge in [-0.2, -0.15) is 0 Å². The van der Waals surface area contributed by atoms with E-state index in [0.717, 1.165) is 13.1 Å². The van der Waals surface area contributed by atoms with Crippen molar-refractivity contribution in [2.75, 3.05) is 13.1 Å². The van der Waals surface area contributed by atoms with E-state index in [-0.39, 0.29) is 16.5 Å². The first kappa shape index (κ1) is 15.7. The van der Waals surface area contributed by atoms with Crippen LogP contribution in [0, 0.1) is 16.0 Å². The van der Waals surface area contributed by atoms with E-state index >= 15 is 0 Å². The lowest BCUT2D eigenvalue weighted by Crippen LogP contribution is -2.27. The number of non-ortho nitro benzene ring substituents is 1. The normalized spacial score (nSPS) is 11.3. The van der Waals surface area contributed by atoms with Crippen LogP contribution in [0.4, 0.5) is 5.69 Å². The molecular weight excluding hydrogens is 268 g/mol. The summed E-state index contributed by atoms with van der Waals surface area (Å²) in [6.07, 6.45) is 0. The minimum absolute atomic E-state index is 0.0183. The summed E-state index contributed by atoms with van der Waals surface area (Å²) >= 11 is 5.82. The molecule has 6 heteroatoms. The Morgan fingerprint density at radius 1 is 1.47 bits per heavy atom. The van der Waals surface area contributed by atoms with Gasteiger partial charge in [0.25, 0.3) is 5.69 Å². The third-order valence-electron chi connectivity index (χ3n) is 2.80. The Labute approximate surface area is 117 Å². The van der Waals surface area contributed by atoms with Gasteiger partial charge in [0, 0.05) is 30.8 Å². The maximum Gasteiger partial charge on any atom is 0.271 e. The van der Waals surface area contributed by atoms with Crippen LogP contribution in [-0.4, -0.2) is 28.0 Å². The first-order valence-corrected chi connectivity index (χ1v) is 6.61. The number of nitrogens with zero attached hydrogens (tertiary/aromatic N) is 2. The largest absolute Gasteiger partial charge is 0.506 e. The fourth-order valence-corrected chi connectivity index (χ4v) is 2.16.